The van der Waals surface area contributed by atoms with Crippen LogP contribution in [0.15, 0.2) is 0 Å². The van der Waals surface area contributed by atoms with Crippen molar-refractivity contribution >= 4 is 34.2 Å². The lowest BCUT2D eigenvalue weighted by molar-refractivity contribution is 0.298. The highest BCUT2D eigenvalue weighted by Gasteiger charge is 2.06. The van der Waals surface area contributed by atoms with E-state index >= 15 is 0 Å². The molecule has 10 heavy (non-hydrogen) atoms. The highest BCUT2D eigenvalue weighted by Crippen LogP contribution is 2.19. The second-order valence-corrected chi connectivity index (χ2v) is 3.23. The zero-order valence-electron chi connectivity index (χ0n) is 5.06. The first kappa shape index (κ1) is 8.29. The Labute approximate surface area is 76.9 Å². The number of nitrogens with zero attached hydrogens (tertiary/aromatic N) is 1. The highest BCUT2D eigenvalue weighted by atomic mass is 127. The van der Waals surface area contributed by atoms with Gasteiger partial charge in [-0.15, -0.1) is 0 Å². The minimum atomic E-state index is 0.0840. The number of hydrogen-bond donors (Lipinski definition) is 2. The number of nitrogens with one attached hydrogen (secondary N) is 1. The third kappa shape index (κ3) is 1.62. The van der Waals surface area contributed by atoms with Crippen LogP contribution in [0, 0.1) is 3.70 Å². The topological polar surface area (TPSA) is 48.9 Å². The van der Waals surface area contributed by atoms with Crippen molar-refractivity contribution in [2.45, 2.75) is 6.42 Å². The molecule has 0 saturated carbocycles. The van der Waals surface area contributed by atoms with Crippen LogP contribution in [0.2, 0.25) is 5.02 Å². The van der Waals surface area contributed by atoms with Crippen LogP contribution in [-0.4, -0.2) is 21.9 Å². The summed E-state index contributed by atoms with van der Waals surface area (Å²) in [5, 5.41) is 15.8. The van der Waals surface area contributed by atoms with Crippen LogP contribution in [0.3, 0.4) is 0 Å². The molecule has 5 heteroatoms. The summed E-state index contributed by atoms with van der Waals surface area (Å²) >= 11 is 7.83. The molecular formula is C5H6ClIN2O. The van der Waals surface area contributed by atoms with E-state index in [9.17, 15) is 0 Å². The average molecular weight is 272 g/mol. The van der Waals surface area contributed by atoms with Gasteiger partial charge in [0.05, 0.1) is 10.7 Å². The van der Waals surface area contributed by atoms with Crippen molar-refractivity contribution in [3.05, 3.63) is 14.4 Å². The molecule has 3 nitrogen and oxygen atoms in total. The molecule has 0 fully saturated rings. The predicted molar refractivity (Wildman–Crippen MR) is 47.1 cm³/mol. The van der Waals surface area contributed by atoms with Crippen molar-refractivity contribution in [2.24, 2.45) is 0 Å². The molecule has 0 unspecified atom stereocenters. The van der Waals surface area contributed by atoms with E-state index in [-0.39, 0.29) is 6.61 Å². The van der Waals surface area contributed by atoms with Gasteiger partial charge in [-0.2, -0.15) is 5.10 Å². The van der Waals surface area contributed by atoms with E-state index in [0.717, 1.165) is 9.39 Å². The Kier molecular flexibility index (Phi) is 2.94. The Hall–Kier alpha value is 0.190. The van der Waals surface area contributed by atoms with Crippen molar-refractivity contribution < 1.29 is 5.11 Å². The van der Waals surface area contributed by atoms with Gasteiger partial charge in [-0.1, -0.05) is 11.6 Å². The first-order chi connectivity index (χ1) is 4.75. The summed E-state index contributed by atoms with van der Waals surface area (Å²) < 4.78 is 0.822. The Balaban J connectivity index is 2.83. The van der Waals surface area contributed by atoms with E-state index in [0.29, 0.717) is 11.4 Å². The summed E-state index contributed by atoms with van der Waals surface area (Å²) in [5.41, 5.74) is 0.730. The number of halogens is 2. The van der Waals surface area contributed by atoms with Crippen LogP contribution in [0.4, 0.5) is 0 Å². The van der Waals surface area contributed by atoms with E-state index in [4.69, 9.17) is 16.7 Å². The number of aromatic amines is 1. The number of aromatic nitrogens is 2. The van der Waals surface area contributed by atoms with Crippen LogP contribution in [0.1, 0.15) is 5.69 Å². The van der Waals surface area contributed by atoms with Gasteiger partial charge in [-0.05, 0) is 22.6 Å². The Morgan fingerprint density at radius 3 is 2.80 bits per heavy atom. The van der Waals surface area contributed by atoms with Crippen molar-refractivity contribution in [3.8, 4) is 0 Å². The van der Waals surface area contributed by atoms with Gasteiger partial charge in [-0.3, -0.25) is 5.10 Å². The fraction of sp³-hybridized carbons (Fsp3) is 0.400. The molecule has 0 radical (unpaired) electrons. The normalized spacial score (nSPS) is 10.3. The van der Waals surface area contributed by atoms with Gasteiger partial charge in [0.1, 0.15) is 3.70 Å². The molecule has 0 aromatic carbocycles. The third-order valence-electron chi connectivity index (χ3n) is 1.08. The summed E-state index contributed by atoms with van der Waals surface area (Å²) in [6.07, 6.45) is 0.512. The van der Waals surface area contributed by atoms with Gasteiger partial charge < -0.3 is 5.11 Å². The largest absolute Gasteiger partial charge is 0.396 e. The van der Waals surface area contributed by atoms with E-state index in [2.05, 4.69) is 32.8 Å². The lowest BCUT2D eigenvalue weighted by Crippen LogP contribution is -1.90. The zero-order valence-corrected chi connectivity index (χ0v) is 7.98. The predicted octanol–water partition coefficient (Wildman–Crippen LogP) is 1.20. The summed E-state index contributed by atoms with van der Waals surface area (Å²) in [6, 6.07) is 0. The van der Waals surface area contributed by atoms with Gasteiger partial charge in [-0.25, -0.2) is 0 Å². The molecule has 0 saturated heterocycles. The second-order valence-electron chi connectivity index (χ2n) is 1.77. The second kappa shape index (κ2) is 3.54. The van der Waals surface area contributed by atoms with Crippen molar-refractivity contribution in [1.29, 1.82) is 0 Å². The number of H-pyrrole nitrogens is 1. The lowest BCUT2D eigenvalue weighted by atomic mass is 10.3. The molecule has 0 aliphatic carbocycles. The molecule has 1 aromatic heterocycles. The standard InChI is InChI=1S/C5H6ClIN2O/c6-4-3(1-2-10)8-9-5(4)7/h10H,1-2H2,(H,8,9). The summed E-state index contributed by atoms with van der Waals surface area (Å²) in [4.78, 5) is 0. The van der Waals surface area contributed by atoms with Crippen molar-refractivity contribution in [2.75, 3.05) is 6.61 Å². The van der Waals surface area contributed by atoms with Gasteiger partial charge in [0, 0.05) is 13.0 Å². The molecule has 1 rings (SSSR count). The Bertz CT molecular complexity index is 225. The van der Waals surface area contributed by atoms with Crippen LogP contribution in [0.5, 0.6) is 0 Å². The maximum Gasteiger partial charge on any atom is 0.115 e. The molecule has 56 valence electrons. The molecule has 0 amide bonds. The smallest absolute Gasteiger partial charge is 0.115 e. The van der Waals surface area contributed by atoms with Crippen LogP contribution < -0.4 is 0 Å². The molecule has 2 N–H and O–H groups in total. The maximum atomic E-state index is 8.54. The molecule has 0 bridgehead atoms. The van der Waals surface area contributed by atoms with E-state index in [1.54, 1.807) is 0 Å². The Morgan fingerprint density at radius 2 is 2.40 bits per heavy atom. The molecule has 1 heterocycles. The molecule has 1 aromatic rings. The average Bonchev–Trinajstić information content (AvgIpc) is 2.20. The van der Waals surface area contributed by atoms with E-state index < -0.39 is 0 Å². The van der Waals surface area contributed by atoms with Crippen LogP contribution >= 0.6 is 34.2 Å². The van der Waals surface area contributed by atoms with Crippen molar-refractivity contribution in [3.63, 3.8) is 0 Å². The van der Waals surface area contributed by atoms with Gasteiger partial charge in [0.2, 0.25) is 0 Å². The molecule has 0 spiro atoms. The lowest BCUT2D eigenvalue weighted by Gasteiger charge is -1.89. The first-order valence-electron chi connectivity index (χ1n) is 2.74. The number of rotatable bonds is 2. The van der Waals surface area contributed by atoms with Gasteiger partial charge in [0.25, 0.3) is 0 Å². The van der Waals surface area contributed by atoms with Crippen molar-refractivity contribution in [1.82, 2.24) is 10.2 Å². The summed E-state index contributed by atoms with van der Waals surface area (Å²) in [7, 11) is 0. The maximum absolute atomic E-state index is 8.54. The quantitative estimate of drug-likeness (QED) is 0.795. The monoisotopic (exact) mass is 272 g/mol. The van der Waals surface area contributed by atoms with Gasteiger partial charge >= 0.3 is 0 Å². The van der Waals surface area contributed by atoms with E-state index in [1.165, 1.54) is 0 Å². The molecule has 0 aliphatic rings. The molecule has 0 atom stereocenters. The SMILES string of the molecule is OCCc1n[nH]c(I)c1Cl. The molecular weight excluding hydrogens is 266 g/mol. The number of aliphatic hydroxyl groups excluding tert-OH is 1. The van der Waals surface area contributed by atoms with Gasteiger partial charge in [0.15, 0.2) is 0 Å². The third-order valence-corrected chi connectivity index (χ3v) is 2.59. The summed E-state index contributed by atoms with van der Waals surface area (Å²) in [6.45, 7) is 0.0840. The number of hydrogen-bond acceptors (Lipinski definition) is 2. The first-order valence-corrected chi connectivity index (χ1v) is 4.20. The van der Waals surface area contributed by atoms with E-state index in [1.807, 2.05) is 0 Å². The molecule has 0 aliphatic heterocycles. The number of aliphatic hydroxyl groups is 1. The highest BCUT2D eigenvalue weighted by molar-refractivity contribution is 14.1. The fourth-order valence-electron chi connectivity index (χ4n) is 0.613. The minimum Gasteiger partial charge on any atom is -0.396 e. The minimum absolute atomic E-state index is 0.0840. The van der Waals surface area contributed by atoms with Crippen LogP contribution in [0.25, 0.3) is 0 Å². The fourth-order valence-corrected chi connectivity index (χ4v) is 1.22. The summed E-state index contributed by atoms with van der Waals surface area (Å²) in [5.74, 6) is 0. The zero-order chi connectivity index (χ0) is 7.56. The van der Waals surface area contributed by atoms with Crippen LogP contribution in [-0.2, 0) is 6.42 Å². The Morgan fingerprint density at radius 1 is 1.70 bits per heavy atom.